The Labute approximate surface area is 124 Å². The van der Waals surface area contributed by atoms with Crippen LogP contribution in [0, 0.1) is 0 Å². The largest absolute Gasteiger partial charge is 0.508 e. The fourth-order valence-corrected chi connectivity index (χ4v) is 3.76. The minimum atomic E-state index is -0.135. The van der Waals surface area contributed by atoms with E-state index in [9.17, 15) is 5.11 Å². The van der Waals surface area contributed by atoms with Gasteiger partial charge in [-0.15, -0.1) is 0 Å². The fraction of sp³-hybridized carbons (Fsp3) is 0.278. The molecule has 2 heterocycles. The van der Waals surface area contributed by atoms with Crippen molar-refractivity contribution in [2.75, 3.05) is 13.1 Å². The molecule has 0 saturated carbocycles. The van der Waals surface area contributed by atoms with Gasteiger partial charge in [-0.05, 0) is 29.7 Å². The van der Waals surface area contributed by atoms with Crippen LogP contribution in [0.4, 0.5) is 0 Å². The zero-order chi connectivity index (χ0) is 14.3. The number of phenols is 1. The number of nitrogens with zero attached hydrogens (tertiary/aromatic N) is 2. The zero-order valence-corrected chi connectivity index (χ0v) is 11.9. The molecule has 1 saturated heterocycles. The van der Waals surface area contributed by atoms with Crippen LogP contribution in [0.1, 0.15) is 24.0 Å². The van der Waals surface area contributed by atoms with Gasteiger partial charge in [0.1, 0.15) is 11.6 Å². The van der Waals surface area contributed by atoms with Crippen molar-refractivity contribution in [3.05, 3.63) is 65.7 Å². The molecular weight excluding hydrogens is 260 g/mol. The number of amidine groups is 1. The number of hydrogen-bond acceptors (Lipinski definition) is 3. The van der Waals surface area contributed by atoms with E-state index in [1.165, 1.54) is 17.0 Å². The molecule has 1 fully saturated rings. The average molecular weight is 278 g/mol. The molecule has 0 radical (unpaired) electrons. The SMILES string of the molecule is Oc1ccc(C2(c3ccccc3)CCC3=NCCN32)cc1. The van der Waals surface area contributed by atoms with Crippen molar-refractivity contribution in [2.24, 2.45) is 4.99 Å². The molecule has 106 valence electrons. The van der Waals surface area contributed by atoms with E-state index in [0.29, 0.717) is 5.75 Å². The predicted molar refractivity (Wildman–Crippen MR) is 83.6 cm³/mol. The molecule has 1 N–H and O–H groups in total. The van der Waals surface area contributed by atoms with Gasteiger partial charge in [0.2, 0.25) is 0 Å². The van der Waals surface area contributed by atoms with Gasteiger partial charge in [-0.1, -0.05) is 42.5 Å². The Balaban J connectivity index is 1.91. The summed E-state index contributed by atoms with van der Waals surface area (Å²) >= 11 is 0. The minimum Gasteiger partial charge on any atom is -0.508 e. The number of aliphatic imine (C=N–C) groups is 1. The van der Waals surface area contributed by atoms with Crippen LogP contribution in [0.25, 0.3) is 0 Å². The van der Waals surface area contributed by atoms with Crippen LogP contribution in [0.5, 0.6) is 5.75 Å². The molecule has 3 heteroatoms. The Morgan fingerprint density at radius 3 is 2.43 bits per heavy atom. The summed E-state index contributed by atoms with van der Waals surface area (Å²) in [6.45, 7) is 1.87. The molecule has 2 aliphatic heterocycles. The van der Waals surface area contributed by atoms with Crippen molar-refractivity contribution in [3.8, 4) is 5.75 Å². The Bertz CT molecular complexity index is 678. The highest BCUT2D eigenvalue weighted by Crippen LogP contribution is 2.46. The molecule has 1 unspecified atom stereocenters. The first-order valence-electron chi connectivity index (χ1n) is 7.47. The topological polar surface area (TPSA) is 35.8 Å². The lowest BCUT2D eigenvalue weighted by Gasteiger charge is -2.39. The summed E-state index contributed by atoms with van der Waals surface area (Å²) in [5.74, 6) is 1.54. The van der Waals surface area contributed by atoms with Crippen LogP contribution >= 0.6 is 0 Å². The monoisotopic (exact) mass is 278 g/mol. The van der Waals surface area contributed by atoms with Crippen molar-refractivity contribution in [3.63, 3.8) is 0 Å². The van der Waals surface area contributed by atoms with Gasteiger partial charge in [-0.2, -0.15) is 0 Å². The lowest BCUT2D eigenvalue weighted by Crippen LogP contribution is -2.43. The van der Waals surface area contributed by atoms with Gasteiger partial charge in [-0.25, -0.2) is 0 Å². The van der Waals surface area contributed by atoms with Crippen LogP contribution < -0.4 is 0 Å². The van der Waals surface area contributed by atoms with E-state index in [0.717, 1.165) is 25.9 Å². The molecule has 4 rings (SSSR count). The van der Waals surface area contributed by atoms with Gasteiger partial charge in [-0.3, -0.25) is 4.99 Å². The molecule has 2 aromatic rings. The predicted octanol–water partition coefficient (Wildman–Crippen LogP) is 3.14. The standard InChI is InChI=1S/C18H18N2O/c21-16-8-6-15(7-9-16)18(14-4-2-1-3-5-14)11-10-17-19-12-13-20(17)18/h1-9,21H,10-13H2. The summed E-state index contributed by atoms with van der Waals surface area (Å²) in [6, 6.07) is 18.3. The Morgan fingerprint density at radius 2 is 1.67 bits per heavy atom. The summed E-state index contributed by atoms with van der Waals surface area (Å²) in [6.07, 6.45) is 2.07. The highest BCUT2D eigenvalue weighted by atomic mass is 16.3. The Hall–Kier alpha value is -2.29. The lowest BCUT2D eigenvalue weighted by molar-refractivity contribution is 0.260. The second kappa shape index (κ2) is 4.62. The van der Waals surface area contributed by atoms with Crippen LogP contribution in [-0.2, 0) is 5.54 Å². The lowest BCUT2D eigenvalue weighted by atomic mass is 9.80. The van der Waals surface area contributed by atoms with E-state index in [1.54, 1.807) is 12.1 Å². The van der Waals surface area contributed by atoms with Crippen LogP contribution in [0.2, 0.25) is 0 Å². The maximum absolute atomic E-state index is 9.60. The summed E-state index contributed by atoms with van der Waals surface area (Å²) in [4.78, 5) is 7.11. The van der Waals surface area contributed by atoms with Crippen molar-refractivity contribution >= 4 is 5.84 Å². The van der Waals surface area contributed by atoms with E-state index in [4.69, 9.17) is 0 Å². The highest BCUT2D eigenvalue weighted by Gasteiger charge is 2.47. The summed E-state index contributed by atoms with van der Waals surface area (Å²) < 4.78 is 0. The van der Waals surface area contributed by atoms with E-state index in [2.05, 4.69) is 40.2 Å². The van der Waals surface area contributed by atoms with Crippen molar-refractivity contribution < 1.29 is 5.11 Å². The first kappa shape index (κ1) is 12.5. The zero-order valence-electron chi connectivity index (χ0n) is 11.9. The molecule has 0 aliphatic carbocycles. The van der Waals surface area contributed by atoms with Gasteiger partial charge in [0.25, 0.3) is 0 Å². The smallest absolute Gasteiger partial charge is 0.115 e. The van der Waals surface area contributed by atoms with Crippen molar-refractivity contribution in [1.82, 2.24) is 4.90 Å². The van der Waals surface area contributed by atoms with E-state index >= 15 is 0 Å². The molecule has 0 aromatic heterocycles. The molecule has 0 spiro atoms. The third-order valence-electron chi connectivity index (χ3n) is 4.70. The van der Waals surface area contributed by atoms with Crippen LogP contribution in [-0.4, -0.2) is 28.9 Å². The van der Waals surface area contributed by atoms with E-state index in [1.807, 2.05) is 12.1 Å². The van der Waals surface area contributed by atoms with Crippen LogP contribution in [0.3, 0.4) is 0 Å². The molecule has 3 nitrogen and oxygen atoms in total. The molecular formula is C18H18N2O. The third-order valence-corrected chi connectivity index (χ3v) is 4.70. The van der Waals surface area contributed by atoms with Crippen molar-refractivity contribution in [1.29, 1.82) is 0 Å². The van der Waals surface area contributed by atoms with Gasteiger partial charge < -0.3 is 10.0 Å². The summed E-state index contributed by atoms with van der Waals surface area (Å²) in [7, 11) is 0. The van der Waals surface area contributed by atoms with Gasteiger partial charge in [0.05, 0.1) is 12.1 Å². The molecule has 1 atom stereocenters. The Kier molecular flexibility index (Phi) is 2.74. The number of rotatable bonds is 2. The average Bonchev–Trinajstić information content (AvgIpc) is 3.12. The fourth-order valence-electron chi connectivity index (χ4n) is 3.76. The Morgan fingerprint density at radius 1 is 0.952 bits per heavy atom. The molecule has 21 heavy (non-hydrogen) atoms. The minimum absolute atomic E-state index is 0.135. The summed E-state index contributed by atoms with van der Waals surface area (Å²) in [5, 5.41) is 9.60. The summed E-state index contributed by atoms with van der Waals surface area (Å²) in [5.41, 5.74) is 2.41. The van der Waals surface area contributed by atoms with E-state index in [-0.39, 0.29) is 5.54 Å². The number of aromatic hydroxyl groups is 1. The van der Waals surface area contributed by atoms with Crippen LogP contribution in [0.15, 0.2) is 59.6 Å². The highest BCUT2D eigenvalue weighted by molar-refractivity contribution is 5.88. The normalized spacial score (nSPS) is 24.0. The number of hydrogen-bond donors (Lipinski definition) is 1. The number of phenolic OH excluding ortho intramolecular Hbond substituents is 1. The van der Waals surface area contributed by atoms with Crippen molar-refractivity contribution in [2.45, 2.75) is 18.4 Å². The second-order valence-corrected chi connectivity index (χ2v) is 5.72. The third kappa shape index (κ3) is 1.77. The molecule has 0 bridgehead atoms. The maximum atomic E-state index is 9.60. The first-order valence-corrected chi connectivity index (χ1v) is 7.47. The van der Waals surface area contributed by atoms with Gasteiger partial charge in [0.15, 0.2) is 0 Å². The van der Waals surface area contributed by atoms with Gasteiger partial charge >= 0.3 is 0 Å². The first-order chi connectivity index (χ1) is 10.3. The maximum Gasteiger partial charge on any atom is 0.115 e. The number of benzene rings is 2. The molecule has 0 amide bonds. The molecule has 2 aliphatic rings. The van der Waals surface area contributed by atoms with Gasteiger partial charge in [0, 0.05) is 13.0 Å². The number of fused-ring (bicyclic) bond motifs is 1. The quantitative estimate of drug-likeness (QED) is 0.916. The van der Waals surface area contributed by atoms with E-state index < -0.39 is 0 Å². The second-order valence-electron chi connectivity index (χ2n) is 5.72. The molecule has 2 aromatic carbocycles.